The third kappa shape index (κ3) is 4.30. The van der Waals surface area contributed by atoms with Crippen LogP contribution in [0.2, 0.25) is 0 Å². The van der Waals surface area contributed by atoms with Crippen LogP contribution in [0.3, 0.4) is 0 Å². The maximum atomic E-state index is 5.79. The summed E-state index contributed by atoms with van der Waals surface area (Å²) in [6.07, 6.45) is 8.41. The van der Waals surface area contributed by atoms with Crippen molar-refractivity contribution in [2.45, 2.75) is 39.0 Å². The maximum absolute atomic E-state index is 5.79. The molecule has 0 fully saturated rings. The second-order valence-electron chi connectivity index (χ2n) is 5.93. The van der Waals surface area contributed by atoms with Gasteiger partial charge in [-0.15, -0.1) is 0 Å². The summed E-state index contributed by atoms with van der Waals surface area (Å²) < 4.78 is 7.99. The van der Waals surface area contributed by atoms with Crippen LogP contribution in [0.1, 0.15) is 31.0 Å². The van der Waals surface area contributed by atoms with E-state index in [4.69, 9.17) is 4.74 Å². The molecule has 1 aliphatic rings. The van der Waals surface area contributed by atoms with Crippen molar-refractivity contribution in [1.82, 2.24) is 14.9 Å². The van der Waals surface area contributed by atoms with Crippen molar-refractivity contribution in [1.29, 1.82) is 0 Å². The van der Waals surface area contributed by atoms with Gasteiger partial charge in [0.25, 0.3) is 0 Å². The average Bonchev–Trinajstić information content (AvgIpc) is 3.22. The molecule has 1 atom stereocenters. The average molecular weight is 311 g/mol. The van der Waals surface area contributed by atoms with Gasteiger partial charge in [-0.25, -0.2) is 4.98 Å². The van der Waals surface area contributed by atoms with Crippen LogP contribution in [0.4, 0.5) is 0 Å². The molecule has 2 aromatic rings. The van der Waals surface area contributed by atoms with E-state index in [0.717, 1.165) is 25.9 Å². The van der Waals surface area contributed by atoms with Gasteiger partial charge in [0.15, 0.2) is 0 Å². The van der Waals surface area contributed by atoms with Gasteiger partial charge >= 0.3 is 0 Å². The molecule has 4 heteroatoms. The summed E-state index contributed by atoms with van der Waals surface area (Å²) in [5.41, 5.74) is 3.84. The van der Waals surface area contributed by atoms with Crippen LogP contribution in [0, 0.1) is 0 Å². The lowest BCUT2D eigenvalue weighted by molar-refractivity contribution is 0.113. The van der Waals surface area contributed by atoms with E-state index in [0.29, 0.717) is 19.3 Å². The van der Waals surface area contributed by atoms with E-state index in [-0.39, 0.29) is 0 Å². The summed E-state index contributed by atoms with van der Waals surface area (Å²) in [4.78, 5) is 4.32. The van der Waals surface area contributed by atoms with Gasteiger partial charge in [0.05, 0.1) is 31.4 Å². The molecule has 4 nitrogen and oxygen atoms in total. The summed E-state index contributed by atoms with van der Waals surface area (Å²) in [7, 11) is 0. The highest BCUT2D eigenvalue weighted by molar-refractivity contribution is 5.65. The van der Waals surface area contributed by atoms with E-state index in [2.05, 4.69) is 40.0 Å². The van der Waals surface area contributed by atoms with E-state index in [9.17, 15) is 0 Å². The van der Waals surface area contributed by atoms with Crippen LogP contribution in [0.5, 0.6) is 0 Å². The quantitative estimate of drug-likeness (QED) is 0.761. The van der Waals surface area contributed by atoms with Crippen LogP contribution in [0.25, 0.3) is 5.57 Å². The van der Waals surface area contributed by atoms with E-state index in [1.807, 2.05) is 30.7 Å². The third-order valence-electron chi connectivity index (χ3n) is 4.24. The molecule has 0 amide bonds. The Kier molecular flexibility index (Phi) is 5.61. The smallest absolute Gasteiger partial charge is 0.0951 e. The molecule has 0 spiro atoms. The van der Waals surface area contributed by atoms with Gasteiger partial charge in [-0.3, -0.25) is 0 Å². The van der Waals surface area contributed by atoms with E-state index >= 15 is 0 Å². The second kappa shape index (κ2) is 8.09. The lowest BCUT2D eigenvalue weighted by Gasteiger charge is -2.12. The molecule has 1 unspecified atom stereocenters. The topological polar surface area (TPSA) is 39.1 Å². The molecule has 1 aromatic carbocycles. The predicted octanol–water partition coefficient (Wildman–Crippen LogP) is 3.26. The highest BCUT2D eigenvalue weighted by Crippen LogP contribution is 2.27. The summed E-state index contributed by atoms with van der Waals surface area (Å²) in [6.45, 7) is 5.38. The molecular formula is C19H25N3O. The predicted molar refractivity (Wildman–Crippen MR) is 93.0 cm³/mol. The number of ether oxygens (including phenoxy) is 1. The van der Waals surface area contributed by atoms with Gasteiger partial charge in [-0.1, -0.05) is 43.3 Å². The highest BCUT2D eigenvalue weighted by atomic mass is 16.5. The minimum atomic E-state index is 0.577. The molecule has 0 radical (unpaired) electrons. The zero-order valence-corrected chi connectivity index (χ0v) is 13.7. The molecule has 0 saturated carbocycles. The van der Waals surface area contributed by atoms with E-state index in [1.54, 1.807) is 0 Å². The Morgan fingerprint density at radius 1 is 1.30 bits per heavy atom. The fourth-order valence-corrected chi connectivity index (χ4v) is 3.06. The molecule has 1 heterocycles. The monoisotopic (exact) mass is 311 g/mol. The van der Waals surface area contributed by atoms with Gasteiger partial charge in [-0.2, -0.15) is 0 Å². The second-order valence-corrected chi connectivity index (χ2v) is 5.93. The molecule has 0 saturated heterocycles. The standard InChI is InChI=1S/C19H25N3O/c1-2-21-18-9-8-17(12-18)19-13-20-15-22(19)10-11-23-14-16-6-4-3-5-7-16/h3-8,13,15,18,21H,2,9-12,14H2,1H3. The first-order valence-corrected chi connectivity index (χ1v) is 8.41. The number of rotatable bonds is 8. The van der Waals surface area contributed by atoms with Gasteiger partial charge in [0, 0.05) is 12.6 Å². The number of hydrogen-bond acceptors (Lipinski definition) is 3. The Morgan fingerprint density at radius 2 is 2.17 bits per heavy atom. The van der Waals surface area contributed by atoms with Crippen molar-refractivity contribution in [3.8, 4) is 0 Å². The Bertz CT molecular complexity index is 633. The van der Waals surface area contributed by atoms with Gasteiger partial charge < -0.3 is 14.6 Å². The fourth-order valence-electron chi connectivity index (χ4n) is 3.06. The SMILES string of the molecule is CCNC1CC=C(c2cncn2CCOCc2ccccc2)C1. The summed E-state index contributed by atoms with van der Waals surface area (Å²) >= 11 is 0. The number of hydrogen-bond donors (Lipinski definition) is 1. The Labute approximate surface area is 138 Å². The Hall–Kier alpha value is -1.91. The zero-order valence-electron chi connectivity index (χ0n) is 13.7. The van der Waals surface area contributed by atoms with Gasteiger partial charge in [0.2, 0.25) is 0 Å². The van der Waals surface area contributed by atoms with Crippen molar-refractivity contribution < 1.29 is 4.74 Å². The van der Waals surface area contributed by atoms with Crippen molar-refractivity contribution in [2.24, 2.45) is 0 Å². The molecule has 0 bridgehead atoms. The first kappa shape index (κ1) is 16.0. The van der Waals surface area contributed by atoms with Crippen molar-refractivity contribution in [3.63, 3.8) is 0 Å². The summed E-state index contributed by atoms with van der Waals surface area (Å²) in [5, 5.41) is 3.52. The van der Waals surface area contributed by atoms with Crippen molar-refractivity contribution in [3.05, 3.63) is 60.2 Å². The molecule has 122 valence electrons. The lowest BCUT2D eigenvalue weighted by Crippen LogP contribution is -2.26. The lowest BCUT2D eigenvalue weighted by atomic mass is 10.1. The molecule has 3 rings (SSSR count). The van der Waals surface area contributed by atoms with Crippen LogP contribution >= 0.6 is 0 Å². The Morgan fingerprint density at radius 3 is 3.00 bits per heavy atom. The molecule has 1 N–H and O–H groups in total. The number of nitrogens with zero attached hydrogens (tertiary/aromatic N) is 2. The first-order valence-electron chi connectivity index (χ1n) is 8.41. The highest BCUT2D eigenvalue weighted by Gasteiger charge is 2.19. The normalized spacial score (nSPS) is 17.4. The zero-order chi connectivity index (χ0) is 15.9. The van der Waals surface area contributed by atoms with Gasteiger partial charge in [0.1, 0.15) is 0 Å². The number of benzene rings is 1. The van der Waals surface area contributed by atoms with Crippen LogP contribution in [-0.4, -0.2) is 28.7 Å². The number of imidazole rings is 1. The molecule has 0 aliphatic heterocycles. The minimum absolute atomic E-state index is 0.577. The van der Waals surface area contributed by atoms with Crippen LogP contribution < -0.4 is 5.32 Å². The first-order chi connectivity index (χ1) is 11.4. The Balaban J connectivity index is 1.49. The van der Waals surface area contributed by atoms with Gasteiger partial charge in [-0.05, 0) is 30.5 Å². The number of nitrogens with one attached hydrogen (secondary N) is 1. The van der Waals surface area contributed by atoms with Crippen LogP contribution in [0.15, 0.2) is 48.9 Å². The largest absolute Gasteiger partial charge is 0.375 e. The number of aromatic nitrogens is 2. The molecule has 23 heavy (non-hydrogen) atoms. The third-order valence-corrected chi connectivity index (χ3v) is 4.24. The van der Waals surface area contributed by atoms with Crippen molar-refractivity contribution >= 4 is 5.57 Å². The van der Waals surface area contributed by atoms with Crippen molar-refractivity contribution in [2.75, 3.05) is 13.2 Å². The maximum Gasteiger partial charge on any atom is 0.0951 e. The molecular weight excluding hydrogens is 286 g/mol. The molecule has 1 aliphatic carbocycles. The summed E-state index contributed by atoms with van der Waals surface area (Å²) in [5.74, 6) is 0. The molecule has 1 aromatic heterocycles. The minimum Gasteiger partial charge on any atom is -0.375 e. The van der Waals surface area contributed by atoms with Crippen LogP contribution in [-0.2, 0) is 17.9 Å². The van der Waals surface area contributed by atoms with E-state index in [1.165, 1.54) is 16.8 Å². The van der Waals surface area contributed by atoms with E-state index < -0.39 is 0 Å². The summed E-state index contributed by atoms with van der Waals surface area (Å²) in [6, 6.07) is 10.9. The fraction of sp³-hybridized carbons (Fsp3) is 0.421.